The van der Waals surface area contributed by atoms with E-state index in [1.165, 1.54) is 0 Å². The zero-order valence-corrected chi connectivity index (χ0v) is 14.6. The van der Waals surface area contributed by atoms with Crippen molar-refractivity contribution >= 4 is 27.5 Å². The van der Waals surface area contributed by atoms with Gasteiger partial charge in [-0.25, -0.2) is 0 Å². The zero-order valence-electron chi connectivity index (χ0n) is 12.2. The molecule has 114 valence electrons. The van der Waals surface area contributed by atoms with E-state index in [2.05, 4.69) is 21.0 Å². The number of aliphatic hydroxyl groups is 1. The molecule has 1 aromatic carbocycles. The van der Waals surface area contributed by atoms with Crippen LogP contribution in [0.1, 0.15) is 30.0 Å². The second kappa shape index (κ2) is 6.81. The Labute approximate surface area is 137 Å². The highest BCUT2D eigenvalue weighted by atomic mass is 79.9. The Hall–Kier alpha value is -1.04. The van der Waals surface area contributed by atoms with Gasteiger partial charge in [0.15, 0.2) is 0 Å². The molecule has 21 heavy (non-hydrogen) atoms. The van der Waals surface area contributed by atoms with Crippen LogP contribution in [0, 0.1) is 6.92 Å². The third kappa shape index (κ3) is 3.42. The maximum absolute atomic E-state index is 10.5. The molecule has 0 saturated carbocycles. The smallest absolute Gasteiger partial charge is 0.119 e. The minimum Gasteiger partial charge on any atom is -0.497 e. The number of hydrogen-bond acceptors (Lipinski definition) is 3. The molecule has 0 aliphatic carbocycles. The van der Waals surface area contributed by atoms with Gasteiger partial charge in [-0.15, -0.1) is 0 Å². The normalized spacial score (nSPS) is 12.5. The number of aliphatic hydroxyl groups excluding tert-OH is 1. The van der Waals surface area contributed by atoms with Crippen LogP contribution in [0.2, 0.25) is 5.02 Å². The van der Waals surface area contributed by atoms with Crippen molar-refractivity contribution in [1.29, 1.82) is 0 Å². The summed E-state index contributed by atoms with van der Waals surface area (Å²) in [5, 5.41) is 15.5. The van der Waals surface area contributed by atoms with E-state index in [1.807, 2.05) is 36.7 Å². The lowest BCUT2D eigenvalue weighted by atomic mass is 10.0. The highest BCUT2D eigenvalue weighted by molar-refractivity contribution is 9.10. The highest BCUT2D eigenvalue weighted by Crippen LogP contribution is 2.32. The van der Waals surface area contributed by atoms with Crippen molar-refractivity contribution < 1.29 is 9.84 Å². The molecule has 0 saturated heterocycles. The molecule has 1 N–H and O–H groups in total. The fourth-order valence-electron chi connectivity index (χ4n) is 2.26. The van der Waals surface area contributed by atoms with Crippen LogP contribution in [0.3, 0.4) is 0 Å². The van der Waals surface area contributed by atoms with E-state index in [4.69, 9.17) is 16.3 Å². The fraction of sp³-hybridized carbons (Fsp3) is 0.400. The van der Waals surface area contributed by atoms with Crippen molar-refractivity contribution in [3.8, 4) is 5.75 Å². The first kappa shape index (κ1) is 16.3. The van der Waals surface area contributed by atoms with Crippen LogP contribution >= 0.6 is 27.5 Å². The van der Waals surface area contributed by atoms with Crippen molar-refractivity contribution in [2.75, 3.05) is 7.11 Å². The number of aryl methyl sites for hydroxylation is 2. The molecule has 6 heteroatoms. The van der Waals surface area contributed by atoms with Crippen molar-refractivity contribution in [3.05, 3.63) is 44.6 Å². The molecule has 0 radical (unpaired) electrons. The molecular weight excluding hydrogens is 356 g/mol. The average molecular weight is 374 g/mol. The Bertz CT molecular complexity index is 643. The number of aromatic nitrogens is 2. The Morgan fingerprint density at radius 2 is 2.19 bits per heavy atom. The molecule has 1 heterocycles. The van der Waals surface area contributed by atoms with Crippen molar-refractivity contribution in [2.24, 2.45) is 0 Å². The van der Waals surface area contributed by atoms with E-state index >= 15 is 0 Å². The number of ether oxygens (including phenoxy) is 1. The van der Waals surface area contributed by atoms with Crippen LogP contribution in [-0.4, -0.2) is 22.0 Å². The van der Waals surface area contributed by atoms with Gasteiger partial charge in [0.1, 0.15) is 5.75 Å². The molecule has 2 rings (SSSR count). The average Bonchev–Trinajstić information content (AvgIpc) is 2.75. The molecule has 0 spiro atoms. The maximum atomic E-state index is 10.5. The first-order valence-electron chi connectivity index (χ1n) is 6.71. The van der Waals surface area contributed by atoms with E-state index in [0.29, 0.717) is 17.2 Å². The minimum absolute atomic E-state index is 0.402. The van der Waals surface area contributed by atoms with E-state index in [1.54, 1.807) is 7.11 Å². The van der Waals surface area contributed by atoms with Crippen molar-refractivity contribution in [2.45, 2.75) is 32.9 Å². The molecule has 0 amide bonds. The third-order valence-electron chi connectivity index (χ3n) is 3.40. The van der Waals surface area contributed by atoms with Crippen molar-refractivity contribution in [3.63, 3.8) is 0 Å². The van der Waals surface area contributed by atoms with Gasteiger partial charge in [-0.3, -0.25) is 4.68 Å². The summed E-state index contributed by atoms with van der Waals surface area (Å²) in [4.78, 5) is 0. The lowest BCUT2D eigenvalue weighted by Crippen LogP contribution is -2.09. The summed E-state index contributed by atoms with van der Waals surface area (Å²) in [6, 6.07) is 5.53. The van der Waals surface area contributed by atoms with Gasteiger partial charge >= 0.3 is 0 Å². The molecule has 0 aliphatic heterocycles. The minimum atomic E-state index is -0.687. The van der Waals surface area contributed by atoms with E-state index in [0.717, 1.165) is 28.0 Å². The molecule has 2 aromatic rings. The zero-order chi connectivity index (χ0) is 15.6. The number of halogens is 2. The molecule has 0 aliphatic rings. The quantitative estimate of drug-likeness (QED) is 0.864. The highest BCUT2D eigenvalue weighted by Gasteiger charge is 2.19. The summed E-state index contributed by atoms with van der Waals surface area (Å²) in [7, 11) is 1.60. The van der Waals surface area contributed by atoms with Gasteiger partial charge in [0.05, 0.1) is 29.6 Å². The molecule has 4 nitrogen and oxygen atoms in total. The number of hydrogen-bond donors (Lipinski definition) is 1. The molecule has 1 atom stereocenters. The Morgan fingerprint density at radius 3 is 2.81 bits per heavy atom. The Balaban J connectivity index is 2.32. The van der Waals surface area contributed by atoms with E-state index in [9.17, 15) is 5.11 Å². The molecular formula is C15H18BrClN2O2. The van der Waals surface area contributed by atoms with Crippen LogP contribution in [0.4, 0.5) is 0 Å². The predicted octanol–water partition coefficient (Wildman–Crippen LogP) is 3.91. The summed E-state index contributed by atoms with van der Waals surface area (Å²) >= 11 is 9.75. The van der Waals surface area contributed by atoms with Crippen LogP contribution in [-0.2, 0) is 13.0 Å². The monoisotopic (exact) mass is 372 g/mol. The van der Waals surface area contributed by atoms with Gasteiger partial charge in [0.25, 0.3) is 0 Å². The van der Waals surface area contributed by atoms with E-state index in [-0.39, 0.29) is 0 Å². The van der Waals surface area contributed by atoms with Gasteiger partial charge < -0.3 is 9.84 Å². The van der Waals surface area contributed by atoms with Gasteiger partial charge in [0.2, 0.25) is 0 Å². The fourth-order valence-corrected chi connectivity index (χ4v) is 2.98. The molecule has 0 bridgehead atoms. The first-order valence-corrected chi connectivity index (χ1v) is 7.88. The van der Waals surface area contributed by atoms with Crippen molar-refractivity contribution in [1.82, 2.24) is 9.78 Å². The predicted molar refractivity (Wildman–Crippen MR) is 87.0 cm³/mol. The lowest BCUT2D eigenvalue weighted by molar-refractivity contribution is 0.174. The number of rotatable bonds is 5. The Kier molecular flexibility index (Phi) is 5.30. The second-order valence-corrected chi connectivity index (χ2v) is 6.00. The summed E-state index contributed by atoms with van der Waals surface area (Å²) in [6.07, 6.45) is -0.285. The summed E-state index contributed by atoms with van der Waals surface area (Å²) < 4.78 is 7.87. The van der Waals surface area contributed by atoms with Gasteiger partial charge in [0, 0.05) is 17.4 Å². The SMILES string of the molecule is CCn1nc(C)c(Cl)c1CC(O)c1cc(OC)ccc1Br. The van der Waals surface area contributed by atoms with Crippen LogP contribution in [0.5, 0.6) is 5.75 Å². The van der Waals surface area contributed by atoms with Crippen LogP contribution in [0.25, 0.3) is 0 Å². The number of nitrogens with zero attached hydrogens (tertiary/aromatic N) is 2. The maximum Gasteiger partial charge on any atom is 0.119 e. The number of benzene rings is 1. The van der Waals surface area contributed by atoms with Crippen LogP contribution in [0.15, 0.2) is 22.7 Å². The largest absolute Gasteiger partial charge is 0.497 e. The van der Waals surface area contributed by atoms with Gasteiger partial charge in [-0.05, 0) is 37.6 Å². The topological polar surface area (TPSA) is 47.3 Å². The lowest BCUT2D eigenvalue weighted by Gasteiger charge is -2.15. The standard InChI is InChI=1S/C15H18BrClN2O2/c1-4-19-13(15(17)9(2)18-19)8-14(20)11-7-10(21-3)5-6-12(11)16/h5-7,14,20H,4,8H2,1-3H3. The summed E-state index contributed by atoms with van der Waals surface area (Å²) in [5.74, 6) is 0.707. The third-order valence-corrected chi connectivity index (χ3v) is 4.62. The van der Waals surface area contributed by atoms with Gasteiger partial charge in [-0.2, -0.15) is 5.10 Å². The molecule has 0 fully saturated rings. The number of methoxy groups -OCH3 is 1. The van der Waals surface area contributed by atoms with E-state index < -0.39 is 6.10 Å². The second-order valence-electron chi connectivity index (χ2n) is 4.77. The molecule has 1 unspecified atom stereocenters. The summed E-state index contributed by atoms with van der Waals surface area (Å²) in [6.45, 7) is 4.58. The van der Waals surface area contributed by atoms with Crippen LogP contribution < -0.4 is 4.74 Å². The first-order chi connectivity index (χ1) is 9.97. The summed E-state index contributed by atoms with van der Waals surface area (Å²) in [5.41, 5.74) is 2.40. The Morgan fingerprint density at radius 1 is 1.48 bits per heavy atom. The van der Waals surface area contributed by atoms with Gasteiger partial charge in [-0.1, -0.05) is 27.5 Å². The molecule has 1 aromatic heterocycles.